The Bertz CT molecular complexity index is 894. The summed E-state index contributed by atoms with van der Waals surface area (Å²) in [4.78, 5) is 23.6. The van der Waals surface area contributed by atoms with Crippen LogP contribution in [0.25, 0.3) is 5.57 Å². The van der Waals surface area contributed by atoms with Gasteiger partial charge in [0.2, 0.25) is 0 Å². The molecule has 0 saturated carbocycles. The smallest absolute Gasteiger partial charge is 0.267 e. The molecule has 0 spiro atoms. The minimum Gasteiger partial charge on any atom is -0.399 e. The second kappa shape index (κ2) is 7.29. The summed E-state index contributed by atoms with van der Waals surface area (Å²) in [6.07, 6.45) is 1.60. The van der Waals surface area contributed by atoms with E-state index in [0.29, 0.717) is 33.1 Å². The van der Waals surface area contributed by atoms with E-state index in [1.165, 1.54) is 11.8 Å². The highest BCUT2D eigenvalue weighted by molar-refractivity contribution is 8.18. The van der Waals surface area contributed by atoms with Crippen LogP contribution in [-0.2, 0) is 4.79 Å². The van der Waals surface area contributed by atoms with Gasteiger partial charge in [-0.3, -0.25) is 9.69 Å². The van der Waals surface area contributed by atoms with Crippen LogP contribution in [0.1, 0.15) is 19.4 Å². The van der Waals surface area contributed by atoms with Crippen molar-refractivity contribution in [3.63, 3.8) is 0 Å². The van der Waals surface area contributed by atoms with Gasteiger partial charge >= 0.3 is 0 Å². The number of hydrogen-bond acceptors (Lipinski definition) is 5. The Balaban J connectivity index is 2.03. The van der Waals surface area contributed by atoms with E-state index in [9.17, 15) is 4.79 Å². The van der Waals surface area contributed by atoms with Crippen molar-refractivity contribution < 1.29 is 4.79 Å². The van der Waals surface area contributed by atoms with Gasteiger partial charge in [0.25, 0.3) is 5.91 Å². The van der Waals surface area contributed by atoms with Crippen LogP contribution in [0.3, 0.4) is 0 Å². The number of amidine groups is 1. The van der Waals surface area contributed by atoms with Crippen LogP contribution in [0.15, 0.2) is 52.5 Å². The van der Waals surface area contributed by atoms with Gasteiger partial charge in [-0.1, -0.05) is 23.7 Å². The molecule has 0 bridgehead atoms. The zero-order chi connectivity index (χ0) is 18.0. The number of nitrogens with two attached hydrogens (primary N) is 1. The lowest BCUT2D eigenvalue weighted by Gasteiger charge is -2.12. The normalized spacial score (nSPS) is 18.1. The molecule has 2 aromatic rings. The number of nitrogens with zero attached hydrogens (tertiary/aromatic N) is 3. The van der Waals surface area contributed by atoms with E-state index >= 15 is 0 Å². The highest BCUT2D eigenvalue weighted by atomic mass is 35.5. The van der Waals surface area contributed by atoms with Gasteiger partial charge in [0.1, 0.15) is 5.69 Å². The predicted molar refractivity (Wildman–Crippen MR) is 105 cm³/mol. The third kappa shape index (κ3) is 3.55. The molecule has 1 amide bonds. The molecule has 25 heavy (non-hydrogen) atoms. The number of hydrogen-bond donors (Lipinski definition) is 1. The van der Waals surface area contributed by atoms with Crippen LogP contribution in [0, 0.1) is 0 Å². The third-order valence-corrected chi connectivity index (χ3v) is 5.27. The quantitative estimate of drug-likeness (QED) is 0.494. The van der Waals surface area contributed by atoms with Gasteiger partial charge < -0.3 is 5.73 Å². The number of rotatable bonds is 3. The standard InChI is InChI=1S/C18H17ClN4OS/c1-3-23-17(24)15(11(2)12-6-4-7-13(20)10-12)25-18(23)22-14-8-5-9-21-16(14)19/h4-10H,3,20H2,1-2H3/b15-11-,22-18?. The maximum absolute atomic E-state index is 12.8. The molecule has 0 atom stereocenters. The van der Waals surface area contributed by atoms with E-state index in [4.69, 9.17) is 17.3 Å². The molecule has 1 saturated heterocycles. The predicted octanol–water partition coefficient (Wildman–Crippen LogP) is 4.33. The molecule has 0 aliphatic carbocycles. The lowest BCUT2D eigenvalue weighted by atomic mass is 10.1. The van der Waals surface area contributed by atoms with Crippen molar-refractivity contribution in [1.29, 1.82) is 0 Å². The number of aromatic nitrogens is 1. The van der Waals surface area contributed by atoms with E-state index in [1.54, 1.807) is 23.2 Å². The van der Waals surface area contributed by atoms with Crippen molar-refractivity contribution in [2.75, 3.05) is 12.3 Å². The van der Waals surface area contributed by atoms with Gasteiger partial charge in [0, 0.05) is 18.4 Å². The summed E-state index contributed by atoms with van der Waals surface area (Å²) in [5.74, 6) is -0.0637. The monoisotopic (exact) mass is 372 g/mol. The van der Waals surface area contributed by atoms with Crippen LogP contribution < -0.4 is 5.73 Å². The summed E-state index contributed by atoms with van der Waals surface area (Å²) < 4.78 is 0. The summed E-state index contributed by atoms with van der Waals surface area (Å²) >= 11 is 7.43. The first-order valence-electron chi connectivity index (χ1n) is 7.77. The fourth-order valence-electron chi connectivity index (χ4n) is 2.47. The molecule has 3 rings (SSSR count). The SMILES string of the molecule is CCN1C(=O)/C(=C(\C)c2cccc(N)c2)SC1=Nc1cccnc1Cl. The number of thioether (sulfide) groups is 1. The summed E-state index contributed by atoms with van der Waals surface area (Å²) in [5.41, 5.74) is 8.87. The largest absolute Gasteiger partial charge is 0.399 e. The van der Waals surface area contributed by atoms with Gasteiger partial charge in [-0.05, 0) is 61.0 Å². The maximum atomic E-state index is 12.8. The zero-order valence-electron chi connectivity index (χ0n) is 13.9. The summed E-state index contributed by atoms with van der Waals surface area (Å²) in [6, 6.07) is 11.0. The lowest BCUT2D eigenvalue weighted by Crippen LogP contribution is -2.28. The van der Waals surface area contributed by atoms with Crippen molar-refractivity contribution in [2.45, 2.75) is 13.8 Å². The van der Waals surface area contributed by atoms with Crippen molar-refractivity contribution in [1.82, 2.24) is 9.88 Å². The number of allylic oxidation sites excluding steroid dienone is 1. The van der Waals surface area contributed by atoms with Crippen LogP contribution in [0.4, 0.5) is 11.4 Å². The number of halogens is 1. The molecular weight excluding hydrogens is 356 g/mol. The summed E-state index contributed by atoms with van der Waals surface area (Å²) in [7, 11) is 0. The Morgan fingerprint density at radius 3 is 2.84 bits per heavy atom. The van der Waals surface area contributed by atoms with Crippen LogP contribution in [0.5, 0.6) is 0 Å². The van der Waals surface area contributed by atoms with Gasteiger partial charge in [0.15, 0.2) is 10.3 Å². The van der Waals surface area contributed by atoms with Crippen molar-refractivity contribution in [3.8, 4) is 0 Å². The number of nitrogen functional groups attached to an aromatic ring is 1. The first kappa shape index (κ1) is 17.5. The average Bonchev–Trinajstić information content (AvgIpc) is 2.91. The maximum Gasteiger partial charge on any atom is 0.267 e. The molecule has 2 heterocycles. The number of aliphatic imine (C=N–C) groups is 1. The van der Waals surface area contributed by atoms with E-state index in [-0.39, 0.29) is 5.91 Å². The molecule has 0 unspecified atom stereocenters. The fraction of sp³-hybridized carbons (Fsp3) is 0.167. The van der Waals surface area contributed by atoms with E-state index in [1.807, 2.05) is 38.1 Å². The number of amides is 1. The number of carbonyl (C=O) groups excluding carboxylic acids is 1. The number of likely N-dealkylation sites (N-methyl/N-ethyl adjacent to an activating group) is 1. The first-order chi connectivity index (χ1) is 12.0. The topological polar surface area (TPSA) is 71.6 Å². The van der Waals surface area contributed by atoms with Gasteiger partial charge in [-0.2, -0.15) is 0 Å². The molecule has 1 aromatic carbocycles. The Morgan fingerprint density at radius 1 is 1.36 bits per heavy atom. The minimum atomic E-state index is -0.0637. The van der Waals surface area contributed by atoms with E-state index < -0.39 is 0 Å². The highest BCUT2D eigenvalue weighted by Crippen LogP contribution is 2.38. The van der Waals surface area contributed by atoms with Gasteiger partial charge in [-0.15, -0.1) is 0 Å². The molecule has 1 aliphatic heterocycles. The fourth-order valence-corrected chi connectivity index (χ4v) is 3.74. The van der Waals surface area contributed by atoms with Crippen LogP contribution in [0.2, 0.25) is 5.15 Å². The summed E-state index contributed by atoms with van der Waals surface area (Å²) in [5, 5.41) is 0.907. The first-order valence-corrected chi connectivity index (χ1v) is 8.96. The number of benzene rings is 1. The second-order valence-electron chi connectivity index (χ2n) is 5.44. The van der Waals surface area contributed by atoms with E-state index in [2.05, 4.69) is 9.98 Å². The molecule has 128 valence electrons. The van der Waals surface area contributed by atoms with Crippen molar-refractivity contribution >= 4 is 51.4 Å². The molecular formula is C18H17ClN4OS. The van der Waals surface area contributed by atoms with Gasteiger partial charge in [-0.25, -0.2) is 9.98 Å². The Hall–Kier alpha value is -2.31. The molecule has 2 N–H and O–H groups in total. The third-order valence-electron chi connectivity index (χ3n) is 3.80. The van der Waals surface area contributed by atoms with Crippen molar-refractivity contribution in [3.05, 3.63) is 58.2 Å². The Morgan fingerprint density at radius 2 is 2.16 bits per heavy atom. The Kier molecular flexibility index (Phi) is 5.11. The van der Waals surface area contributed by atoms with Crippen LogP contribution >= 0.6 is 23.4 Å². The van der Waals surface area contributed by atoms with Crippen LogP contribution in [-0.4, -0.2) is 27.5 Å². The molecule has 0 radical (unpaired) electrons. The zero-order valence-corrected chi connectivity index (χ0v) is 15.4. The Labute approximate surface area is 155 Å². The molecule has 1 aliphatic rings. The van der Waals surface area contributed by atoms with E-state index in [0.717, 1.165) is 11.1 Å². The van der Waals surface area contributed by atoms with Gasteiger partial charge in [0.05, 0.1) is 4.91 Å². The molecule has 1 fully saturated rings. The molecule has 5 nitrogen and oxygen atoms in total. The second-order valence-corrected chi connectivity index (χ2v) is 6.77. The minimum absolute atomic E-state index is 0.0637. The average molecular weight is 373 g/mol. The number of carbonyl (C=O) groups is 1. The highest BCUT2D eigenvalue weighted by Gasteiger charge is 2.34. The summed E-state index contributed by atoms with van der Waals surface area (Å²) in [6.45, 7) is 4.36. The van der Waals surface area contributed by atoms with Crippen molar-refractivity contribution in [2.24, 2.45) is 4.99 Å². The molecule has 1 aromatic heterocycles. The number of pyridine rings is 1. The lowest BCUT2D eigenvalue weighted by molar-refractivity contribution is -0.122. The molecule has 7 heteroatoms. The number of anilines is 1.